The number of ketones is 1. The van der Waals surface area contributed by atoms with Crippen molar-refractivity contribution in [2.45, 2.75) is 32.1 Å². The molecule has 1 aromatic rings. The molecule has 0 atom stereocenters. The van der Waals surface area contributed by atoms with Gasteiger partial charge in [-0.15, -0.1) is 0 Å². The van der Waals surface area contributed by atoms with Crippen molar-refractivity contribution in [3.05, 3.63) is 23.8 Å². The van der Waals surface area contributed by atoms with E-state index < -0.39 is 5.97 Å². The van der Waals surface area contributed by atoms with Gasteiger partial charge in [-0.1, -0.05) is 19.3 Å². The van der Waals surface area contributed by atoms with Crippen molar-refractivity contribution in [2.75, 3.05) is 19.9 Å². The van der Waals surface area contributed by atoms with E-state index in [4.69, 9.17) is 14.2 Å². The molecule has 1 amide bonds. The van der Waals surface area contributed by atoms with Gasteiger partial charge in [0, 0.05) is 11.5 Å². The third kappa shape index (κ3) is 4.49. The van der Waals surface area contributed by atoms with E-state index >= 15 is 0 Å². The smallest absolute Gasteiger partial charge is 0.325 e. The first-order valence-electron chi connectivity index (χ1n) is 8.49. The van der Waals surface area contributed by atoms with E-state index in [1.165, 1.54) is 0 Å². The van der Waals surface area contributed by atoms with Gasteiger partial charge in [0.25, 0.3) is 0 Å². The van der Waals surface area contributed by atoms with Crippen LogP contribution in [0.25, 0.3) is 0 Å². The number of carbonyl (C=O) groups excluding carboxylic acids is 3. The zero-order chi connectivity index (χ0) is 17.6. The fraction of sp³-hybridized carbons (Fsp3) is 0.500. The summed E-state index contributed by atoms with van der Waals surface area (Å²) >= 11 is 0. The van der Waals surface area contributed by atoms with Crippen molar-refractivity contribution in [1.29, 1.82) is 0 Å². The first-order valence-corrected chi connectivity index (χ1v) is 8.49. The summed E-state index contributed by atoms with van der Waals surface area (Å²) < 4.78 is 15.3. The summed E-state index contributed by atoms with van der Waals surface area (Å²) in [4.78, 5) is 35.8. The van der Waals surface area contributed by atoms with Crippen LogP contribution in [0, 0.1) is 5.92 Å². The van der Waals surface area contributed by atoms with E-state index in [2.05, 4.69) is 5.32 Å². The number of fused-ring (bicyclic) bond motifs is 1. The van der Waals surface area contributed by atoms with Crippen molar-refractivity contribution in [1.82, 2.24) is 5.32 Å². The molecular formula is C18H21NO6. The van der Waals surface area contributed by atoms with E-state index in [9.17, 15) is 14.4 Å². The molecule has 1 aliphatic heterocycles. The monoisotopic (exact) mass is 347 g/mol. The Labute approximate surface area is 145 Å². The molecule has 1 aromatic carbocycles. The van der Waals surface area contributed by atoms with E-state index in [0.717, 1.165) is 32.1 Å². The lowest BCUT2D eigenvalue weighted by molar-refractivity contribution is -0.143. The Kier molecular flexibility index (Phi) is 5.53. The highest BCUT2D eigenvalue weighted by atomic mass is 16.7. The molecule has 2 aliphatic rings. The number of esters is 1. The van der Waals surface area contributed by atoms with Gasteiger partial charge in [0.15, 0.2) is 23.9 Å². The van der Waals surface area contributed by atoms with Gasteiger partial charge in [-0.3, -0.25) is 14.4 Å². The highest BCUT2D eigenvalue weighted by molar-refractivity contribution is 5.98. The number of ether oxygens (including phenoxy) is 3. The molecular weight excluding hydrogens is 326 g/mol. The summed E-state index contributed by atoms with van der Waals surface area (Å²) in [5.74, 6) is -0.0186. The third-order valence-electron chi connectivity index (χ3n) is 4.44. The predicted octanol–water partition coefficient (Wildman–Crippen LogP) is 1.84. The first-order chi connectivity index (χ1) is 12.1. The van der Waals surface area contributed by atoms with Gasteiger partial charge in [-0.25, -0.2) is 0 Å². The SMILES string of the molecule is O=C(CNC(=O)C1CCCCC1)OCC(=O)c1ccc2c(c1)OCO2. The van der Waals surface area contributed by atoms with Crippen LogP contribution in [0.5, 0.6) is 11.5 Å². The molecule has 0 unspecified atom stereocenters. The van der Waals surface area contributed by atoms with Crippen LogP contribution in [0.1, 0.15) is 42.5 Å². The zero-order valence-corrected chi connectivity index (χ0v) is 13.9. The lowest BCUT2D eigenvalue weighted by Crippen LogP contribution is -2.36. The second-order valence-corrected chi connectivity index (χ2v) is 6.20. The number of amides is 1. The number of hydrogen-bond donors (Lipinski definition) is 1. The normalized spacial score (nSPS) is 16.3. The molecule has 0 aromatic heterocycles. The largest absolute Gasteiger partial charge is 0.456 e. The molecule has 7 nitrogen and oxygen atoms in total. The van der Waals surface area contributed by atoms with Crippen molar-refractivity contribution in [3.63, 3.8) is 0 Å². The van der Waals surface area contributed by atoms with E-state index in [1.807, 2.05) is 0 Å². The Morgan fingerprint density at radius 3 is 2.64 bits per heavy atom. The van der Waals surface area contributed by atoms with Gasteiger partial charge < -0.3 is 19.5 Å². The number of Topliss-reactive ketones (excluding diaryl/α,β-unsaturated/α-hetero) is 1. The highest BCUT2D eigenvalue weighted by Gasteiger charge is 2.22. The molecule has 0 saturated heterocycles. The van der Waals surface area contributed by atoms with Crippen molar-refractivity contribution >= 4 is 17.7 Å². The van der Waals surface area contributed by atoms with Crippen LogP contribution < -0.4 is 14.8 Å². The Morgan fingerprint density at radius 1 is 1.08 bits per heavy atom. The molecule has 1 N–H and O–H groups in total. The molecule has 1 saturated carbocycles. The third-order valence-corrected chi connectivity index (χ3v) is 4.44. The number of benzene rings is 1. The van der Waals surface area contributed by atoms with Crippen LogP contribution in [-0.4, -0.2) is 37.6 Å². The quantitative estimate of drug-likeness (QED) is 0.624. The maximum Gasteiger partial charge on any atom is 0.325 e. The average Bonchev–Trinajstić information content (AvgIpc) is 3.12. The summed E-state index contributed by atoms with van der Waals surface area (Å²) in [7, 11) is 0. The topological polar surface area (TPSA) is 90.9 Å². The minimum Gasteiger partial charge on any atom is -0.456 e. The molecule has 134 valence electrons. The predicted molar refractivity (Wildman–Crippen MR) is 87.4 cm³/mol. The van der Waals surface area contributed by atoms with Gasteiger partial charge in [-0.2, -0.15) is 0 Å². The lowest BCUT2D eigenvalue weighted by Gasteiger charge is -2.20. The van der Waals surface area contributed by atoms with Crippen molar-refractivity contribution in [3.8, 4) is 11.5 Å². The molecule has 0 spiro atoms. The molecule has 0 bridgehead atoms. The van der Waals surface area contributed by atoms with Crippen LogP contribution in [-0.2, 0) is 14.3 Å². The molecule has 25 heavy (non-hydrogen) atoms. The summed E-state index contributed by atoms with van der Waals surface area (Å²) in [5, 5.41) is 2.59. The number of nitrogens with one attached hydrogen (secondary N) is 1. The van der Waals surface area contributed by atoms with E-state index in [0.29, 0.717) is 17.1 Å². The molecule has 0 radical (unpaired) electrons. The summed E-state index contributed by atoms with van der Waals surface area (Å²) in [5.41, 5.74) is 0.378. The molecule has 1 heterocycles. The second kappa shape index (κ2) is 8.00. The maximum atomic E-state index is 12.1. The maximum absolute atomic E-state index is 12.1. The van der Waals surface area contributed by atoms with Crippen LogP contribution in [0.3, 0.4) is 0 Å². The van der Waals surface area contributed by atoms with E-state index in [-0.39, 0.29) is 37.6 Å². The summed E-state index contributed by atoms with van der Waals surface area (Å²) in [6.07, 6.45) is 4.99. The average molecular weight is 347 g/mol. The molecule has 3 rings (SSSR count). The Balaban J connectivity index is 1.41. The Bertz CT molecular complexity index is 666. The Morgan fingerprint density at radius 2 is 1.84 bits per heavy atom. The van der Waals surface area contributed by atoms with E-state index in [1.54, 1.807) is 18.2 Å². The summed E-state index contributed by atoms with van der Waals surface area (Å²) in [6.45, 7) is -0.468. The van der Waals surface area contributed by atoms with Crippen LogP contribution in [0.15, 0.2) is 18.2 Å². The van der Waals surface area contributed by atoms with Gasteiger partial charge in [0.1, 0.15) is 6.54 Å². The van der Waals surface area contributed by atoms with Crippen LogP contribution in [0.2, 0.25) is 0 Å². The van der Waals surface area contributed by atoms with Gasteiger partial charge in [0.05, 0.1) is 0 Å². The van der Waals surface area contributed by atoms with Gasteiger partial charge in [0.2, 0.25) is 12.7 Å². The van der Waals surface area contributed by atoms with Crippen molar-refractivity contribution in [2.24, 2.45) is 5.92 Å². The highest BCUT2D eigenvalue weighted by Crippen LogP contribution is 2.32. The van der Waals surface area contributed by atoms with Crippen molar-refractivity contribution < 1.29 is 28.6 Å². The fourth-order valence-corrected chi connectivity index (χ4v) is 3.02. The standard InChI is InChI=1S/C18H21NO6/c20-14(13-6-7-15-16(8-13)25-11-24-15)10-23-17(21)9-19-18(22)12-4-2-1-3-5-12/h6-8,12H,1-5,9-11H2,(H,19,22). The number of hydrogen-bond acceptors (Lipinski definition) is 6. The van der Waals surface area contributed by atoms with Gasteiger partial charge in [-0.05, 0) is 31.0 Å². The van der Waals surface area contributed by atoms with Crippen LogP contribution >= 0.6 is 0 Å². The number of carbonyl (C=O) groups is 3. The molecule has 1 aliphatic carbocycles. The van der Waals surface area contributed by atoms with Crippen LogP contribution in [0.4, 0.5) is 0 Å². The summed E-state index contributed by atoms with van der Waals surface area (Å²) in [6, 6.07) is 4.79. The molecule has 7 heteroatoms. The minimum absolute atomic E-state index is 0.0168. The minimum atomic E-state index is -0.627. The zero-order valence-electron chi connectivity index (χ0n) is 13.9. The second-order valence-electron chi connectivity index (χ2n) is 6.20. The molecule has 1 fully saturated rings. The lowest BCUT2D eigenvalue weighted by atomic mass is 9.89. The van der Waals surface area contributed by atoms with Gasteiger partial charge >= 0.3 is 5.97 Å². The number of rotatable bonds is 6. The fourth-order valence-electron chi connectivity index (χ4n) is 3.02. The first kappa shape index (κ1) is 17.3. The Hall–Kier alpha value is -2.57.